The summed E-state index contributed by atoms with van der Waals surface area (Å²) in [5.74, 6) is 0. The van der Waals surface area contributed by atoms with Crippen LogP contribution in [0.3, 0.4) is 0 Å². The van der Waals surface area contributed by atoms with Crippen LogP contribution in [0.2, 0.25) is 0 Å². The fourth-order valence-electron chi connectivity index (χ4n) is 1.10. The van der Waals surface area contributed by atoms with E-state index in [2.05, 4.69) is 31.1 Å². The van der Waals surface area contributed by atoms with Crippen molar-refractivity contribution in [1.82, 2.24) is 10.2 Å². The van der Waals surface area contributed by atoms with Crippen molar-refractivity contribution in [3.05, 3.63) is 0 Å². The van der Waals surface area contributed by atoms with Crippen LogP contribution in [0.15, 0.2) is 0 Å². The molecule has 0 amide bonds. The predicted molar refractivity (Wildman–Crippen MR) is 55.5 cm³/mol. The lowest BCUT2D eigenvalue weighted by atomic mass is 10.2. The minimum Gasteiger partial charge on any atom is -0.317 e. The van der Waals surface area contributed by atoms with Crippen molar-refractivity contribution in [1.29, 1.82) is 0 Å². The van der Waals surface area contributed by atoms with Gasteiger partial charge in [0.1, 0.15) is 0 Å². The molecule has 0 radical (unpaired) electrons. The van der Waals surface area contributed by atoms with Gasteiger partial charge in [0.25, 0.3) is 0 Å². The summed E-state index contributed by atoms with van der Waals surface area (Å²) in [5.41, 5.74) is 0. The molecule has 0 fully saturated rings. The summed E-state index contributed by atoms with van der Waals surface area (Å²) in [6, 6.07) is 0.647. The molecular weight excluding hydrogens is 148 g/mol. The quantitative estimate of drug-likeness (QED) is 0.629. The van der Waals surface area contributed by atoms with Crippen molar-refractivity contribution < 1.29 is 0 Å². The first-order valence-electron chi connectivity index (χ1n) is 5.06. The van der Waals surface area contributed by atoms with Crippen molar-refractivity contribution >= 4 is 0 Å². The molecule has 0 aliphatic carbocycles. The molecule has 2 heteroatoms. The standard InChI is InChI=1S/C10H24N2/c1-5-6-8-12(4)9-7-10(2)11-3/h10-11H,5-9H2,1-4H3. The minimum absolute atomic E-state index is 0.647. The molecule has 0 aromatic carbocycles. The highest BCUT2D eigenvalue weighted by atomic mass is 15.1. The molecule has 1 unspecified atom stereocenters. The zero-order chi connectivity index (χ0) is 9.40. The molecular formula is C10H24N2. The first-order chi connectivity index (χ1) is 5.70. The molecule has 0 saturated heterocycles. The van der Waals surface area contributed by atoms with E-state index in [9.17, 15) is 0 Å². The zero-order valence-electron chi connectivity index (χ0n) is 9.06. The third-order valence-electron chi connectivity index (χ3n) is 2.33. The summed E-state index contributed by atoms with van der Waals surface area (Å²) in [6.07, 6.45) is 3.87. The maximum Gasteiger partial charge on any atom is 0.00478 e. The Morgan fingerprint density at radius 2 is 2.00 bits per heavy atom. The van der Waals surface area contributed by atoms with E-state index in [1.807, 2.05) is 7.05 Å². The van der Waals surface area contributed by atoms with Crippen LogP contribution in [0.4, 0.5) is 0 Å². The Hall–Kier alpha value is -0.0800. The van der Waals surface area contributed by atoms with E-state index in [1.165, 1.54) is 32.4 Å². The summed E-state index contributed by atoms with van der Waals surface area (Å²) < 4.78 is 0. The molecule has 74 valence electrons. The third-order valence-corrected chi connectivity index (χ3v) is 2.33. The third kappa shape index (κ3) is 6.62. The number of unbranched alkanes of at least 4 members (excludes halogenated alkanes) is 1. The zero-order valence-corrected chi connectivity index (χ0v) is 9.06. The summed E-state index contributed by atoms with van der Waals surface area (Å²) in [5, 5.41) is 3.25. The molecule has 1 N–H and O–H groups in total. The Balaban J connectivity index is 3.24. The molecule has 1 atom stereocenters. The Morgan fingerprint density at radius 1 is 1.33 bits per heavy atom. The van der Waals surface area contributed by atoms with Crippen LogP contribution in [0.1, 0.15) is 33.1 Å². The van der Waals surface area contributed by atoms with E-state index < -0.39 is 0 Å². The summed E-state index contributed by atoms with van der Waals surface area (Å²) in [6.45, 7) is 6.92. The van der Waals surface area contributed by atoms with Crippen LogP contribution in [-0.2, 0) is 0 Å². The average molecular weight is 172 g/mol. The molecule has 0 rings (SSSR count). The van der Waals surface area contributed by atoms with Gasteiger partial charge >= 0.3 is 0 Å². The highest BCUT2D eigenvalue weighted by molar-refractivity contribution is 4.60. The maximum atomic E-state index is 3.25. The fourth-order valence-corrected chi connectivity index (χ4v) is 1.10. The lowest BCUT2D eigenvalue weighted by Crippen LogP contribution is -2.28. The number of hydrogen-bond donors (Lipinski definition) is 1. The second-order valence-electron chi connectivity index (χ2n) is 3.64. The summed E-state index contributed by atoms with van der Waals surface area (Å²) in [4.78, 5) is 2.41. The fraction of sp³-hybridized carbons (Fsp3) is 1.00. The number of hydrogen-bond acceptors (Lipinski definition) is 2. The van der Waals surface area contributed by atoms with Crippen LogP contribution in [-0.4, -0.2) is 38.1 Å². The second kappa shape index (κ2) is 7.56. The highest BCUT2D eigenvalue weighted by Crippen LogP contribution is 1.95. The molecule has 0 saturated carbocycles. The monoisotopic (exact) mass is 172 g/mol. The highest BCUT2D eigenvalue weighted by Gasteiger charge is 2.00. The second-order valence-corrected chi connectivity index (χ2v) is 3.64. The molecule has 12 heavy (non-hydrogen) atoms. The van der Waals surface area contributed by atoms with E-state index in [1.54, 1.807) is 0 Å². The van der Waals surface area contributed by atoms with Gasteiger partial charge in [-0.3, -0.25) is 0 Å². The number of nitrogens with zero attached hydrogens (tertiary/aromatic N) is 1. The van der Waals surface area contributed by atoms with E-state index in [0.29, 0.717) is 6.04 Å². The topological polar surface area (TPSA) is 15.3 Å². The van der Waals surface area contributed by atoms with Gasteiger partial charge in [0, 0.05) is 6.04 Å². The molecule has 0 aliphatic rings. The van der Waals surface area contributed by atoms with E-state index in [-0.39, 0.29) is 0 Å². The summed E-state index contributed by atoms with van der Waals surface area (Å²) >= 11 is 0. The first-order valence-corrected chi connectivity index (χ1v) is 5.06. The Bertz CT molecular complexity index is 93.8. The van der Waals surface area contributed by atoms with E-state index in [4.69, 9.17) is 0 Å². The van der Waals surface area contributed by atoms with Crippen molar-refractivity contribution in [2.24, 2.45) is 0 Å². The SMILES string of the molecule is CCCCN(C)CCC(C)NC. The minimum atomic E-state index is 0.647. The van der Waals surface area contributed by atoms with Crippen molar-refractivity contribution in [3.8, 4) is 0 Å². The van der Waals surface area contributed by atoms with Crippen LogP contribution in [0.5, 0.6) is 0 Å². The molecule has 0 aromatic heterocycles. The lowest BCUT2D eigenvalue weighted by molar-refractivity contribution is 0.309. The van der Waals surface area contributed by atoms with Crippen molar-refractivity contribution in [3.63, 3.8) is 0 Å². The van der Waals surface area contributed by atoms with Gasteiger partial charge in [-0.05, 0) is 47.0 Å². The van der Waals surface area contributed by atoms with E-state index >= 15 is 0 Å². The van der Waals surface area contributed by atoms with E-state index in [0.717, 1.165) is 0 Å². The van der Waals surface area contributed by atoms with Crippen molar-refractivity contribution in [2.45, 2.75) is 39.2 Å². The normalized spacial score (nSPS) is 13.8. The van der Waals surface area contributed by atoms with Gasteiger partial charge in [-0.2, -0.15) is 0 Å². The lowest BCUT2D eigenvalue weighted by Gasteiger charge is -2.18. The number of rotatable bonds is 7. The van der Waals surface area contributed by atoms with Gasteiger partial charge in [0.05, 0.1) is 0 Å². The van der Waals surface area contributed by atoms with Gasteiger partial charge in [0.15, 0.2) is 0 Å². The first kappa shape index (κ1) is 11.9. The molecule has 2 nitrogen and oxygen atoms in total. The molecule has 0 spiro atoms. The van der Waals surface area contributed by atoms with Gasteiger partial charge < -0.3 is 10.2 Å². The average Bonchev–Trinajstić information content (AvgIpc) is 2.10. The maximum absolute atomic E-state index is 3.25. The Labute approximate surface area is 77.3 Å². The smallest absolute Gasteiger partial charge is 0.00478 e. The van der Waals surface area contributed by atoms with Gasteiger partial charge in [-0.25, -0.2) is 0 Å². The van der Waals surface area contributed by atoms with Crippen molar-refractivity contribution in [2.75, 3.05) is 27.2 Å². The largest absolute Gasteiger partial charge is 0.317 e. The van der Waals surface area contributed by atoms with Crippen LogP contribution in [0, 0.1) is 0 Å². The van der Waals surface area contributed by atoms with Crippen LogP contribution < -0.4 is 5.32 Å². The molecule has 0 heterocycles. The van der Waals surface area contributed by atoms with Crippen LogP contribution in [0.25, 0.3) is 0 Å². The molecule has 0 aromatic rings. The van der Waals surface area contributed by atoms with Gasteiger partial charge in [-0.1, -0.05) is 13.3 Å². The molecule has 0 aliphatic heterocycles. The number of nitrogens with one attached hydrogen (secondary N) is 1. The van der Waals surface area contributed by atoms with Gasteiger partial charge in [-0.15, -0.1) is 0 Å². The molecule has 0 bridgehead atoms. The van der Waals surface area contributed by atoms with Crippen LogP contribution >= 0.6 is 0 Å². The Morgan fingerprint density at radius 3 is 2.50 bits per heavy atom. The predicted octanol–water partition coefficient (Wildman–Crippen LogP) is 1.72. The summed E-state index contributed by atoms with van der Waals surface area (Å²) in [7, 11) is 4.23. The Kier molecular flexibility index (Phi) is 7.51. The van der Waals surface area contributed by atoms with Gasteiger partial charge in [0.2, 0.25) is 0 Å².